The van der Waals surface area contributed by atoms with Crippen LogP contribution in [-0.4, -0.2) is 17.1 Å². The first kappa shape index (κ1) is 12.6. The summed E-state index contributed by atoms with van der Waals surface area (Å²) >= 11 is 0. The van der Waals surface area contributed by atoms with Gasteiger partial charge in [-0.2, -0.15) is 0 Å². The molecule has 1 unspecified atom stereocenters. The number of aromatic nitrogens is 2. The number of aromatic amines is 1. The third-order valence-electron chi connectivity index (χ3n) is 2.91. The number of nitrogens with two attached hydrogens (primary N) is 1. The first-order valence-electron chi connectivity index (χ1n) is 5.83. The predicted octanol–water partition coefficient (Wildman–Crippen LogP) is 1.47. The zero-order valence-corrected chi connectivity index (χ0v) is 10.6. The van der Waals surface area contributed by atoms with Crippen LogP contribution in [-0.2, 0) is 6.42 Å². The number of benzene rings is 1. The van der Waals surface area contributed by atoms with Gasteiger partial charge in [-0.15, -0.1) is 0 Å². The molecular formula is C13H18N4O. The van der Waals surface area contributed by atoms with Crippen LogP contribution in [0, 0.1) is 6.92 Å². The molecule has 1 aromatic carbocycles. The molecule has 18 heavy (non-hydrogen) atoms. The third kappa shape index (κ3) is 2.69. The molecule has 0 saturated heterocycles. The summed E-state index contributed by atoms with van der Waals surface area (Å²) in [5, 5.41) is 0. The Balaban J connectivity index is 2.24. The highest BCUT2D eigenvalue weighted by Crippen LogP contribution is 2.24. The van der Waals surface area contributed by atoms with E-state index in [2.05, 4.69) is 28.4 Å². The molecule has 2 rings (SSSR count). The minimum absolute atomic E-state index is 0.0595. The topological polar surface area (TPSA) is 76.0 Å². The molecule has 2 aromatic rings. The molecule has 0 saturated carbocycles. The van der Waals surface area contributed by atoms with Crippen molar-refractivity contribution < 1.29 is 4.74 Å². The van der Waals surface area contributed by atoms with E-state index in [1.807, 2.05) is 12.1 Å². The highest BCUT2D eigenvalue weighted by atomic mass is 16.5. The summed E-state index contributed by atoms with van der Waals surface area (Å²) in [6.45, 7) is 2.06. The lowest BCUT2D eigenvalue weighted by atomic mass is 10.0. The predicted molar refractivity (Wildman–Crippen MR) is 70.1 cm³/mol. The maximum absolute atomic E-state index is 5.59. The molecule has 1 heterocycles. The number of hydrogen-bond donors (Lipinski definition) is 3. The summed E-state index contributed by atoms with van der Waals surface area (Å²) in [4.78, 5) is 7.29. The molecule has 96 valence electrons. The quantitative estimate of drug-likeness (QED) is 0.551. The fraction of sp³-hybridized carbons (Fsp3) is 0.308. The van der Waals surface area contributed by atoms with Crippen molar-refractivity contribution in [3.8, 4) is 5.75 Å². The van der Waals surface area contributed by atoms with E-state index in [1.165, 1.54) is 5.56 Å². The van der Waals surface area contributed by atoms with Crippen LogP contribution in [0.1, 0.15) is 23.0 Å². The minimum Gasteiger partial charge on any atom is -0.496 e. The molecule has 0 spiro atoms. The highest BCUT2D eigenvalue weighted by Gasteiger charge is 2.15. The van der Waals surface area contributed by atoms with E-state index >= 15 is 0 Å². The van der Waals surface area contributed by atoms with Crippen molar-refractivity contribution in [3.05, 3.63) is 47.5 Å². The average Bonchev–Trinajstić information content (AvgIpc) is 2.90. The fourth-order valence-corrected chi connectivity index (χ4v) is 1.99. The van der Waals surface area contributed by atoms with Crippen molar-refractivity contribution in [1.29, 1.82) is 0 Å². The third-order valence-corrected chi connectivity index (χ3v) is 2.91. The minimum atomic E-state index is -0.0595. The summed E-state index contributed by atoms with van der Waals surface area (Å²) in [5.74, 6) is 7.28. The molecular weight excluding hydrogens is 228 g/mol. The van der Waals surface area contributed by atoms with Gasteiger partial charge in [0.25, 0.3) is 0 Å². The summed E-state index contributed by atoms with van der Waals surface area (Å²) in [6.07, 6.45) is 4.22. The van der Waals surface area contributed by atoms with Crippen molar-refractivity contribution in [3.63, 3.8) is 0 Å². The number of nitrogens with one attached hydrogen (secondary N) is 2. The molecule has 4 N–H and O–H groups in total. The van der Waals surface area contributed by atoms with Gasteiger partial charge in [-0.3, -0.25) is 5.84 Å². The molecule has 1 atom stereocenters. The van der Waals surface area contributed by atoms with Crippen molar-refractivity contribution in [1.82, 2.24) is 15.4 Å². The second kappa shape index (κ2) is 5.66. The molecule has 0 aliphatic heterocycles. The fourth-order valence-electron chi connectivity index (χ4n) is 1.99. The molecule has 0 bridgehead atoms. The summed E-state index contributed by atoms with van der Waals surface area (Å²) < 4.78 is 5.36. The van der Waals surface area contributed by atoms with Crippen LogP contribution in [0.4, 0.5) is 0 Å². The maximum atomic E-state index is 5.59. The summed E-state index contributed by atoms with van der Waals surface area (Å²) in [6, 6.07) is 6.04. The van der Waals surface area contributed by atoms with Gasteiger partial charge in [0.15, 0.2) is 0 Å². The van der Waals surface area contributed by atoms with E-state index in [1.54, 1.807) is 19.5 Å². The maximum Gasteiger partial charge on any atom is 0.124 e. The van der Waals surface area contributed by atoms with E-state index in [0.717, 1.165) is 23.6 Å². The number of methoxy groups -OCH3 is 1. The number of nitrogens with zero attached hydrogens (tertiary/aromatic N) is 1. The van der Waals surface area contributed by atoms with Crippen molar-refractivity contribution >= 4 is 0 Å². The molecule has 1 aromatic heterocycles. The molecule has 0 radical (unpaired) electrons. The second-order valence-corrected chi connectivity index (χ2v) is 4.21. The molecule has 5 nitrogen and oxygen atoms in total. The zero-order chi connectivity index (χ0) is 13.0. The number of aryl methyl sites for hydroxylation is 1. The Labute approximate surface area is 106 Å². The monoisotopic (exact) mass is 246 g/mol. The lowest BCUT2D eigenvalue weighted by molar-refractivity contribution is 0.404. The number of imidazole rings is 1. The Morgan fingerprint density at radius 2 is 2.33 bits per heavy atom. The van der Waals surface area contributed by atoms with Crippen LogP contribution >= 0.6 is 0 Å². The second-order valence-electron chi connectivity index (χ2n) is 4.21. The number of ether oxygens (including phenoxy) is 1. The van der Waals surface area contributed by atoms with Gasteiger partial charge in [0.2, 0.25) is 0 Å². The SMILES string of the molecule is COc1ccc(C)cc1CC(NN)c1ncc[nH]1. The Kier molecular flexibility index (Phi) is 3.96. The van der Waals surface area contributed by atoms with Crippen LogP contribution in [0.3, 0.4) is 0 Å². The standard InChI is InChI=1S/C13H18N4O/c1-9-3-4-12(18-2)10(7-9)8-11(17-14)13-15-5-6-16-13/h3-7,11,17H,8,14H2,1-2H3,(H,15,16). The van der Waals surface area contributed by atoms with Crippen molar-refractivity contribution in [2.24, 2.45) is 5.84 Å². The van der Waals surface area contributed by atoms with Crippen LogP contribution in [0.5, 0.6) is 5.75 Å². The first-order valence-corrected chi connectivity index (χ1v) is 5.83. The van der Waals surface area contributed by atoms with E-state index in [-0.39, 0.29) is 6.04 Å². The Hall–Kier alpha value is -1.85. The van der Waals surface area contributed by atoms with Crippen molar-refractivity contribution in [2.45, 2.75) is 19.4 Å². The van der Waals surface area contributed by atoms with Gasteiger partial charge < -0.3 is 9.72 Å². The Morgan fingerprint density at radius 3 is 2.94 bits per heavy atom. The molecule has 0 amide bonds. The van der Waals surface area contributed by atoms with Gasteiger partial charge in [-0.1, -0.05) is 17.7 Å². The van der Waals surface area contributed by atoms with Gasteiger partial charge in [0, 0.05) is 12.4 Å². The largest absolute Gasteiger partial charge is 0.496 e. The van der Waals surface area contributed by atoms with Gasteiger partial charge >= 0.3 is 0 Å². The van der Waals surface area contributed by atoms with Crippen molar-refractivity contribution in [2.75, 3.05) is 7.11 Å². The van der Waals surface area contributed by atoms with E-state index in [9.17, 15) is 0 Å². The van der Waals surface area contributed by atoms with Gasteiger partial charge in [0.05, 0.1) is 13.2 Å². The number of rotatable bonds is 5. The summed E-state index contributed by atoms with van der Waals surface area (Å²) in [7, 11) is 1.67. The lowest BCUT2D eigenvalue weighted by Crippen LogP contribution is -2.30. The van der Waals surface area contributed by atoms with E-state index < -0.39 is 0 Å². The number of hydrazine groups is 1. The van der Waals surface area contributed by atoms with Gasteiger partial charge in [-0.05, 0) is 25.0 Å². The van der Waals surface area contributed by atoms with Gasteiger partial charge in [-0.25, -0.2) is 10.4 Å². The molecule has 0 aliphatic carbocycles. The first-order chi connectivity index (χ1) is 8.74. The summed E-state index contributed by atoms with van der Waals surface area (Å²) in [5.41, 5.74) is 5.08. The highest BCUT2D eigenvalue weighted by molar-refractivity contribution is 5.37. The molecule has 0 aliphatic rings. The lowest BCUT2D eigenvalue weighted by Gasteiger charge is -2.16. The van der Waals surface area contributed by atoms with E-state index in [4.69, 9.17) is 10.6 Å². The van der Waals surface area contributed by atoms with Crippen LogP contribution in [0.15, 0.2) is 30.6 Å². The van der Waals surface area contributed by atoms with Crippen LogP contribution in [0.2, 0.25) is 0 Å². The van der Waals surface area contributed by atoms with E-state index in [0.29, 0.717) is 0 Å². The average molecular weight is 246 g/mol. The zero-order valence-electron chi connectivity index (χ0n) is 10.6. The Morgan fingerprint density at radius 1 is 1.50 bits per heavy atom. The van der Waals surface area contributed by atoms with Crippen LogP contribution < -0.4 is 16.0 Å². The number of H-pyrrole nitrogens is 1. The normalized spacial score (nSPS) is 12.4. The molecule has 0 fully saturated rings. The smallest absolute Gasteiger partial charge is 0.124 e. The number of hydrogen-bond acceptors (Lipinski definition) is 4. The Bertz CT molecular complexity index is 496. The molecule has 5 heteroatoms. The van der Waals surface area contributed by atoms with Crippen LogP contribution in [0.25, 0.3) is 0 Å². The van der Waals surface area contributed by atoms with Gasteiger partial charge in [0.1, 0.15) is 11.6 Å².